The van der Waals surface area contributed by atoms with E-state index in [1.54, 1.807) is 13.8 Å². The van der Waals surface area contributed by atoms with Gasteiger partial charge in [0.15, 0.2) is 0 Å². The van der Waals surface area contributed by atoms with E-state index in [4.69, 9.17) is 10.9 Å². The van der Waals surface area contributed by atoms with Gasteiger partial charge in [0.1, 0.15) is 6.04 Å². The predicted octanol–water partition coefficient (Wildman–Crippen LogP) is 0.168. The van der Waals surface area contributed by atoms with Crippen molar-refractivity contribution >= 4 is 6.03 Å². The van der Waals surface area contributed by atoms with Gasteiger partial charge >= 0.3 is 6.03 Å². The van der Waals surface area contributed by atoms with E-state index in [0.717, 1.165) is 0 Å². The second kappa shape index (κ2) is 3.75. The number of rotatable bonds is 1. The van der Waals surface area contributed by atoms with E-state index >= 15 is 0 Å². The van der Waals surface area contributed by atoms with Crippen LogP contribution in [0.3, 0.4) is 0 Å². The smallest absolute Gasteiger partial charge is 0.339 e. The number of urea groups is 1. The molecule has 4 nitrogen and oxygen atoms in total. The van der Waals surface area contributed by atoms with Gasteiger partial charge in [-0.1, -0.05) is 5.92 Å². The maximum atomic E-state index is 10.2. The van der Waals surface area contributed by atoms with Crippen molar-refractivity contribution in [2.24, 2.45) is 5.73 Å². The van der Waals surface area contributed by atoms with Gasteiger partial charge in [0, 0.05) is 0 Å². The van der Waals surface area contributed by atoms with Crippen LogP contribution in [0, 0.1) is 11.8 Å². The quantitative estimate of drug-likeness (QED) is 0.311. The number of hydrogen-bond donors (Lipinski definition) is 2. The molecule has 0 aromatic carbocycles. The van der Waals surface area contributed by atoms with Crippen molar-refractivity contribution in [2.75, 3.05) is 0 Å². The number of primary amides is 1. The first kappa shape index (κ1) is 8.79. The normalized spacial score (nSPS) is 11.1. The molecule has 0 aliphatic carbocycles. The molecule has 0 bridgehead atoms. The van der Waals surface area contributed by atoms with Crippen LogP contribution in [0.2, 0.25) is 0 Å². The Bertz CT molecular complexity index is 180. The highest BCUT2D eigenvalue weighted by Gasteiger charge is 2.10. The van der Waals surface area contributed by atoms with E-state index < -0.39 is 12.1 Å². The van der Waals surface area contributed by atoms with Crippen LogP contribution in [0.5, 0.6) is 0 Å². The fourth-order valence-corrected chi connectivity index (χ4v) is 0.461. The summed E-state index contributed by atoms with van der Waals surface area (Å²) in [6.45, 7) is 3.19. The molecule has 0 radical (unpaired) electrons. The lowest BCUT2D eigenvalue weighted by Gasteiger charge is -2.14. The lowest BCUT2D eigenvalue weighted by Crippen LogP contribution is -2.38. The molecular formula is C6H10N2O2. The monoisotopic (exact) mass is 142 g/mol. The highest BCUT2D eigenvalue weighted by Crippen LogP contribution is 1.90. The van der Waals surface area contributed by atoms with Crippen LogP contribution in [0.4, 0.5) is 4.79 Å². The first-order valence-electron chi connectivity index (χ1n) is 2.79. The molecule has 0 aliphatic rings. The second-order valence-electron chi connectivity index (χ2n) is 1.75. The summed E-state index contributed by atoms with van der Waals surface area (Å²) < 4.78 is 0. The van der Waals surface area contributed by atoms with Crippen LogP contribution in [0.1, 0.15) is 13.8 Å². The molecule has 0 saturated heterocycles. The second-order valence-corrected chi connectivity index (χ2v) is 1.75. The Morgan fingerprint density at radius 2 is 2.30 bits per heavy atom. The number of amides is 2. The van der Waals surface area contributed by atoms with Crippen LogP contribution in [-0.2, 0) is 0 Å². The van der Waals surface area contributed by atoms with Crippen LogP contribution in [0.25, 0.3) is 0 Å². The highest BCUT2D eigenvalue weighted by molar-refractivity contribution is 5.71. The number of carbonyl (C=O) groups is 1. The highest BCUT2D eigenvalue weighted by atomic mass is 16.5. The van der Waals surface area contributed by atoms with Gasteiger partial charge < -0.3 is 5.73 Å². The molecule has 1 atom stereocenters. The summed E-state index contributed by atoms with van der Waals surface area (Å²) >= 11 is 0. The third kappa shape index (κ3) is 2.37. The largest absolute Gasteiger partial charge is 0.350 e. The minimum Gasteiger partial charge on any atom is -0.350 e. The zero-order valence-electron chi connectivity index (χ0n) is 5.96. The minimum absolute atomic E-state index is 0.385. The average Bonchev–Trinajstić information content (AvgIpc) is 1.87. The lowest BCUT2D eigenvalue weighted by atomic mass is 10.3. The molecular weight excluding hydrogens is 132 g/mol. The molecule has 0 saturated carbocycles. The van der Waals surface area contributed by atoms with Crippen molar-refractivity contribution in [1.82, 2.24) is 5.06 Å². The molecule has 0 spiro atoms. The minimum atomic E-state index is -0.893. The van der Waals surface area contributed by atoms with Crippen LogP contribution < -0.4 is 5.73 Å². The summed E-state index contributed by atoms with van der Waals surface area (Å²) in [5, 5.41) is 9.17. The summed E-state index contributed by atoms with van der Waals surface area (Å²) in [5.74, 6) is 5.10. The summed E-state index contributed by atoms with van der Waals surface area (Å²) in [5.41, 5.74) is 4.74. The van der Waals surface area contributed by atoms with E-state index in [9.17, 15) is 4.79 Å². The molecule has 2 amide bonds. The molecule has 0 aromatic rings. The third-order valence-corrected chi connectivity index (χ3v) is 0.946. The number of hydrogen-bond acceptors (Lipinski definition) is 2. The molecule has 0 fully saturated rings. The molecule has 0 heterocycles. The third-order valence-electron chi connectivity index (χ3n) is 0.946. The van der Waals surface area contributed by atoms with Gasteiger partial charge in [0.05, 0.1) is 0 Å². The molecule has 4 heteroatoms. The fraction of sp³-hybridized carbons (Fsp3) is 0.500. The Kier molecular flexibility index (Phi) is 3.29. The van der Waals surface area contributed by atoms with E-state index in [-0.39, 0.29) is 0 Å². The Hall–Kier alpha value is -1.21. The zero-order valence-corrected chi connectivity index (χ0v) is 5.96. The molecule has 10 heavy (non-hydrogen) atoms. The van der Waals surface area contributed by atoms with Gasteiger partial charge in [-0.25, -0.2) is 4.79 Å². The zero-order chi connectivity index (χ0) is 8.15. The van der Waals surface area contributed by atoms with Crippen LogP contribution >= 0.6 is 0 Å². The summed E-state index contributed by atoms with van der Waals surface area (Å²) in [6.07, 6.45) is 0. The number of carbonyl (C=O) groups excluding carboxylic acids is 1. The SMILES string of the molecule is CC#CC(C)N(O)C(N)=O. The molecule has 0 aliphatic heterocycles. The van der Waals surface area contributed by atoms with E-state index in [0.29, 0.717) is 5.06 Å². The maximum absolute atomic E-state index is 10.2. The lowest BCUT2D eigenvalue weighted by molar-refractivity contribution is -0.0536. The molecule has 0 rings (SSSR count). The topological polar surface area (TPSA) is 66.6 Å². The van der Waals surface area contributed by atoms with Crippen molar-refractivity contribution < 1.29 is 10.0 Å². The van der Waals surface area contributed by atoms with Gasteiger partial charge in [0.2, 0.25) is 0 Å². The van der Waals surface area contributed by atoms with E-state index in [1.807, 2.05) is 0 Å². The summed E-state index contributed by atoms with van der Waals surface area (Å²) in [6, 6.07) is -1.43. The number of hydroxylamine groups is 2. The van der Waals surface area contributed by atoms with Crippen molar-refractivity contribution in [1.29, 1.82) is 0 Å². The van der Waals surface area contributed by atoms with Gasteiger partial charge in [-0.05, 0) is 13.8 Å². The predicted molar refractivity (Wildman–Crippen MR) is 36.1 cm³/mol. The van der Waals surface area contributed by atoms with Crippen molar-refractivity contribution in [3.05, 3.63) is 0 Å². The van der Waals surface area contributed by atoms with Crippen LogP contribution in [0.15, 0.2) is 0 Å². The first-order chi connectivity index (χ1) is 4.59. The van der Waals surface area contributed by atoms with Gasteiger partial charge in [-0.15, -0.1) is 5.92 Å². The fourth-order valence-electron chi connectivity index (χ4n) is 0.461. The van der Waals surface area contributed by atoms with E-state index in [2.05, 4.69) is 11.8 Å². The van der Waals surface area contributed by atoms with Crippen LogP contribution in [-0.4, -0.2) is 22.3 Å². The standard InChI is InChI=1S/C6H10N2O2/c1-3-4-5(2)8(10)6(7)9/h5,10H,1-2H3,(H2,7,9). The van der Waals surface area contributed by atoms with Gasteiger partial charge in [-0.3, -0.25) is 5.21 Å². The maximum Gasteiger partial charge on any atom is 0.339 e. The molecule has 0 aromatic heterocycles. The van der Waals surface area contributed by atoms with Crippen molar-refractivity contribution in [3.63, 3.8) is 0 Å². The molecule has 1 unspecified atom stereocenters. The molecule has 3 N–H and O–H groups in total. The Morgan fingerprint density at radius 3 is 2.60 bits per heavy atom. The van der Waals surface area contributed by atoms with Gasteiger partial charge in [-0.2, -0.15) is 5.06 Å². The average molecular weight is 142 g/mol. The first-order valence-corrected chi connectivity index (χ1v) is 2.79. The number of nitrogens with two attached hydrogens (primary N) is 1. The Labute approximate surface area is 59.6 Å². The van der Waals surface area contributed by atoms with Gasteiger partial charge in [0.25, 0.3) is 0 Å². The molecule has 56 valence electrons. The summed E-state index contributed by atoms with van der Waals surface area (Å²) in [4.78, 5) is 10.2. The van der Waals surface area contributed by atoms with Crippen molar-refractivity contribution in [3.8, 4) is 11.8 Å². The van der Waals surface area contributed by atoms with E-state index in [1.165, 1.54) is 0 Å². The summed E-state index contributed by atoms with van der Waals surface area (Å²) in [7, 11) is 0. The van der Waals surface area contributed by atoms with Crippen molar-refractivity contribution in [2.45, 2.75) is 19.9 Å². The number of nitrogens with zero attached hydrogens (tertiary/aromatic N) is 1. The Morgan fingerprint density at radius 1 is 1.80 bits per heavy atom. The Balaban J connectivity index is 4.02.